The van der Waals surface area contributed by atoms with Gasteiger partial charge in [0.1, 0.15) is 5.56 Å². The number of H-pyrrole nitrogens is 1. The lowest BCUT2D eigenvalue weighted by Crippen LogP contribution is -2.35. The largest absolute Gasteiger partial charge is 0.308 e. The monoisotopic (exact) mass is 347 g/mol. The summed E-state index contributed by atoms with van der Waals surface area (Å²) in [6, 6.07) is 5.88. The summed E-state index contributed by atoms with van der Waals surface area (Å²) in [5.74, 6) is -0.267. The first-order valence-corrected chi connectivity index (χ1v) is 7.44. The molecule has 3 rings (SSSR count). The van der Waals surface area contributed by atoms with Crippen LogP contribution in [0.25, 0.3) is 0 Å². The minimum atomic E-state index is -0.438. The number of hydrogen-bond acceptors (Lipinski definition) is 3. The SMILES string of the molecule is Cc1n[nH]c(=O)c(C(=O)N2CCc3ccc(Br)cc32)c1C. The molecule has 5 nitrogen and oxygen atoms in total. The van der Waals surface area contributed by atoms with Crippen molar-refractivity contribution in [2.24, 2.45) is 0 Å². The van der Waals surface area contributed by atoms with E-state index in [1.807, 2.05) is 18.2 Å². The molecule has 2 aromatic rings. The standard InChI is InChI=1S/C15H14BrN3O2/c1-8-9(2)17-18-14(20)13(8)15(21)19-6-5-10-3-4-11(16)7-12(10)19/h3-4,7H,5-6H2,1-2H3,(H,18,20). The molecule has 0 aliphatic carbocycles. The van der Waals surface area contributed by atoms with Crippen molar-refractivity contribution in [3.05, 3.63) is 55.4 Å². The van der Waals surface area contributed by atoms with Crippen LogP contribution in [0.2, 0.25) is 0 Å². The fourth-order valence-corrected chi connectivity index (χ4v) is 2.93. The van der Waals surface area contributed by atoms with Gasteiger partial charge in [-0.15, -0.1) is 0 Å². The van der Waals surface area contributed by atoms with Gasteiger partial charge in [-0.25, -0.2) is 5.10 Å². The molecule has 1 aliphatic rings. The summed E-state index contributed by atoms with van der Waals surface area (Å²) in [6.07, 6.45) is 0.801. The molecule has 0 saturated carbocycles. The number of anilines is 1. The number of aromatic nitrogens is 2. The summed E-state index contributed by atoms with van der Waals surface area (Å²) in [7, 11) is 0. The van der Waals surface area contributed by atoms with Gasteiger partial charge in [0.2, 0.25) is 0 Å². The smallest absolute Gasteiger partial charge is 0.277 e. The molecule has 1 aliphatic heterocycles. The van der Waals surface area contributed by atoms with Gasteiger partial charge in [-0.3, -0.25) is 9.59 Å². The van der Waals surface area contributed by atoms with Crippen LogP contribution in [0.5, 0.6) is 0 Å². The summed E-state index contributed by atoms with van der Waals surface area (Å²) >= 11 is 3.42. The Kier molecular flexibility index (Phi) is 3.41. The minimum Gasteiger partial charge on any atom is -0.308 e. The van der Waals surface area contributed by atoms with E-state index < -0.39 is 5.56 Å². The van der Waals surface area contributed by atoms with E-state index in [0.29, 0.717) is 17.8 Å². The first-order chi connectivity index (χ1) is 9.99. The molecule has 1 N–H and O–H groups in total. The van der Waals surface area contributed by atoms with E-state index in [4.69, 9.17) is 0 Å². The predicted octanol–water partition coefficient (Wildman–Crippen LogP) is 2.35. The van der Waals surface area contributed by atoms with Crippen molar-refractivity contribution in [2.45, 2.75) is 20.3 Å². The van der Waals surface area contributed by atoms with Gasteiger partial charge in [-0.05, 0) is 43.5 Å². The maximum Gasteiger partial charge on any atom is 0.277 e. The third-order valence-corrected chi connectivity index (χ3v) is 4.37. The summed E-state index contributed by atoms with van der Waals surface area (Å²) < 4.78 is 0.914. The molecule has 0 spiro atoms. The van der Waals surface area contributed by atoms with Crippen LogP contribution >= 0.6 is 15.9 Å². The van der Waals surface area contributed by atoms with Crippen molar-refractivity contribution in [3.8, 4) is 0 Å². The topological polar surface area (TPSA) is 66.1 Å². The van der Waals surface area contributed by atoms with Crippen LogP contribution in [0.15, 0.2) is 27.5 Å². The van der Waals surface area contributed by atoms with Crippen LogP contribution < -0.4 is 10.5 Å². The molecular formula is C15H14BrN3O2. The zero-order chi connectivity index (χ0) is 15.1. The molecule has 0 fully saturated rings. The number of halogens is 1. The van der Waals surface area contributed by atoms with Gasteiger partial charge in [0.25, 0.3) is 11.5 Å². The number of fused-ring (bicyclic) bond motifs is 1. The average molecular weight is 348 g/mol. The second-order valence-corrected chi connectivity index (χ2v) is 6.03. The Balaban J connectivity index is 2.09. The molecule has 0 atom stereocenters. The number of carbonyl (C=O) groups is 1. The molecule has 2 heterocycles. The van der Waals surface area contributed by atoms with Gasteiger partial charge < -0.3 is 4.90 Å². The molecule has 1 aromatic carbocycles. The van der Waals surface area contributed by atoms with Crippen LogP contribution in [-0.4, -0.2) is 22.6 Å². The molecule has 6 heteroatoms. The highest BCUT2D eigenvalue weighted by Crippen LogP contribution is 2.32. The highest BCUT2D eigenvalue weighted by molar-refractivity contribution is 9.10. The average Bonchev–Trinajstić information content (AvgIpc) is 2.86. The van der Waals surface area contributed by atoms with Crippen molar-refractivity contribution in [3.63, 3.8) is 0 Å². The summed E-state index contributed by atoms with van der Waals surface area (Å²) in [4.78, 5) is 26.4. The number of nitrogens with zero attached hydrogens (tertiary/aromatic N) is 2. The Morgan fingerprint density at radius 3 is 2.90 bits per heavy atom. The maximum atomic E-state index is 12.8. The van der Waals surface area contributed by atoms with Crippen molar-refractivity contribution < 1.29 is 4.79 Å². The Morgan fingerprint density at radius 2 is 2.14 bits per heavy atom. The minimum absolute atomic E-state index is 0.176. The zero-order valence-corrected chi connectivity index (χ0v) is 13.3. The summed E-state index contributed by atoms with van der Waals surface area (Å²) in [5.41, 5.74) is 3.01. The lowest BCUT2D eigenvalue weighted by atomic mass is 10.1. The van der Waals surface area contributed by atoms with Crippen LogP contribution in [0.3, 0.4) is 0 Å². The van der Waals surface area contributed by atoms with Crippen LogP contribution in [0, 0.1) is 13.8 Å². The second-order valence-electron chi connectivity index (χ2n) is 5.12. The Morgan fingerprint density at radius 1 is 1.38 bits per heavy atom. The number of nitrogens with one attached hydrogen (secondary N) is 1. The van der Waals surface area contributed by atoms with Crippen LogP contribution in [-0.2, 0) is 6.42 Å². The quantitative estimate of drug-likeness (QED) is 0.860. The number of rotatable bonds is 1. The van der Waals surface area contributed by atoms with Crippen molar-refractivity contribution in [1.29, 1.82) is 0 Å². The first kappa shape index (κ1) is 14.0. The summed E-state index contributed by atoms with van der Waals surface area (Å²) in [6.45, 7) is 4.12. The third-order valence-electron chi connectivity index (χ3n) is 3.87. The van der Waals surface area contributed by atoms with Crippen LogP contribution in [0.1, 0.15) is 27.2 Å². The highest BCUT2D eigenvalue weighted by Gasteiger charge is 2.28. The van der Waals surface area contributed by atoms with Gasteiger partial charge in [0.05, 0.1) is 5.69 Å². The number of aryl methyl sites for hydroxylation is 1. The highest BCUT2D eigenvalue weighted by atomic mass is 79.9. The fraction of sp³-hybridized carbons (Fsp3) is 0.267. The number of hydrogen-bond donors (Lipinski definition) is 1. The molecule has 0 unspecified atom stereocenters. The van der Waals surface area contributed by atoms with E-state index in [1.54, 1.807) is 18.7 Å². The van der Waals surface area contributed by atoms with Gasteiger partial charge in [0.15, 0.2) is 0 Å². The Bertz CT molecular complexity index is 798. The van der Waals surface area contributed by atoms with E-state index in [0.717, 1.165) is 22.1 Å². The Hall–Kier alpha value is -1.95. The molecular weight excluding hydrogens is 334 g/mol. The number of carbonyl (C=O) groups excluding carboxylic acids is 1. The van der Waals surface area contributed by atoms with Gasteiger partial charge in [-0.1, -0.05) is 22.0 Å². The van der Waals surface area contributed by atoms with Gasteiger partial charge in [-0.2, -0.15) is 5.10 Å². The normalized spacial score (nSPS) is 13.4. The van der Waals surface area contributed by atoms with Gasteiger partial charge >= 0.3 is 0 Å². The molecule has 1 amide bonds. The van der Waals surface area contributed by atoms with E-state index in [-0.39, 0.29) is 11.5 Å². The summed E-state index contributed by atoms with van der Waals surface area (Å²) in [5, 5.41) is 6.28. The predicted molar refractivity (Wildman–Crippen MR) is 83.9 cm³/mol. The van der Waals surface area contributed by atoms with E-state index in [1.165, 1.54) is 0 Å². The van der Waals surface area contributed by atoms with Crippen molar-refractivity contribution in [2.75, 3.05) is 11.4 Å². The van der Waals surface area contributed by atoms with Crippen molar-refractivity contribution >= 4 is 27.5 Å². The Labute approximate surface area is 130 Å². The van der Waals surface area contributed by atoms with Crippen molar-refractivity contribution in [1.82, 2.24) is 10.2 Å². The molecule has 0 saturated heterocycles. The molecule has 0 radical (unpaired) electrons. The molecule has 0 bridgehead atoms. The van der Waals surface area contributed by atoms with E-state index in [2.05, 4.69) is 26.1 Å². The first-order valence-electron chi connectivity index (χ1n) is 6.65. The fourth-order valence-electron chi connectivity index (χ4n) is 2.58. The molecule has 21 heavy (non-hydrogen) atoms. The van der Waals surface area contributed by atoms with E-state index >= 15 is 0 Å². The maximum absolute atomic E-state index is 12.8. The number of aromatic amines is 1. The molecule has 1 aromatic heterocycles. The third kappa shape index (κ3) is 2.29. The molecule has 108 valence electrons. The van der Waals surface area contributed by atoms with Gasteiger partial charge in [0, 0.05) is 16.7 Å². The number of amides is 1. The number of benzene rings is 1. The lowest BCUT2D eigenvalue weighted by molar-refractivity contribution is 0.0987. The van der Waals surface area contributed by atoms with Crippen LogP contribution in [0.4, 0.5) is 5.69 Å². The second kappa shape index (κ2) is 5.11. The van der Waals surface area contributed by atoms with E-state index in [9.17, 15) is 9.59 Å². The lowest BCUT2D eigenvalue weighted by Gasteiger charge is -2.18. The zero-order valence-electron chi connectivity index (χ0n) is 11.7.